The first-order valence-electron chi connectivity index (χ1n) is 9.12. The van der Waals surface area contributed by atoms with Crippen molar-refractivity contribution in [3.05, 3.63) is 59.7 Å². The van der Waals surface area contributed by atoms with Crippen LogP contribution in [-0.2, 0) is 14.3 Å². The number of nitrogens with zero attached hydrogens (tertiary/aromatic N) is 1. The fourth-order valence-electron chi connectivity index (χ4n) is 2.94. The van der Waals surface area contributed by atoms with E-state index in [0.29, 0.717) is 23.5 Å². The molecular formula is C21H21N3O4S. The average Bonchev–Trinajstić information content (AvgIpc) is 2.96. The van der Waals surface area contributed by atoms with Gasteiger partial charge in [-0.2, -0.15) is 0 Å². The van der Waals surface area contributed by atoms with E-state index >= 15 is 0 Å². The van der Waals surface area contributed by atoms with E-state index in [1.165, 1.54) is 4.90 Å². The summed E-state index contributed by atoms with van der Waals surface area (Å²) in [5.74, 6) is -1.03. The summed E-state index contributed by atoms with van der Waals surface area (Å²) in [4.78, 5) is 38.2. The summed E-state index contributed by atoms with van der Waals surface area (Å²) in [6.45, 7) is 3.90. The molecule has 2 amide bonds. The molecule has 0 bridgehead atoms. The van der Waals surface area contributed by atoms with E-state index in [0.717, 1.165) is 17.3 Å². The quantitative estimate of drug-likeness (QED) is 0.708. The van der Waals surface area contributed by atoms with Gasteiger partial charge in [0, 0.05) is 12.1 Å². The molecule has 1 atom stereocenters. The molecule has 3 rings (SSSR count). The lowest BCUT2D eigenvalue weighted by molar-refractivity contribution is -0.121. The Morgan fingerprint density at radius 1 is 1.17 bits per heavy atom. The first-order valence-corrected chi connectivity index (χ1v) is 10.0. The highest BCUT2D eigenvalue weighted by molar-refractivity contribution is 8.16. The van der Waals surface area contributed by atoms with Crippen molar-refractivity contribution in [3.63, 3.8) is 0 Å². The molecule has 2 N–H and O–H groups in total. The number of hydrogen-bond donors (Lipinski definition) is 2. The van der Waals surface area contributed by atoms with Gasteiger partial charge in [-0.25, -0.2) is 4.79 Å². The summed E-state index contributed by atoms with van der Waals surface area (Å²) in [5, 5.41) is 10.3. The Bertz CT molecular complexity index is 959. The minimum atomic E-state index is -0.652. The number of nitrogens with one attached hydrogen (secondary N) is 2. The molecule has 29 heavy (non-hydrogen) atoms. The lowest BCUT2D eigenvalue weighted by atomic mass is 10.1. The fraction of sp³-hybridized carbons (Fsp3) is 0.238. The van der Waals surface area contributed by atoms with Crippen LogP contribution in [0.5, 0.6) is 0 Å². The minimum absolute atomic E-state index is 0.0477. The summed E-state index contributed by atoms with van der Waals surface area (Å²) in [5.41, 5.74) is 2.46. The maximum absolute atomic E-state index is 12.8. The molecule has 0 aromatic heterocycles. The normalized spacial score (nSPS) is 16.1. The van der Waals surface area contributed by atoms with E-state index in [2.05, 4.69) is 5.32 Å². The molecule has 0 unspecified atom stereocenters. The first-order chi connectivity index (χ1) is 13.9. The zero-order chi connectivity index (χ0) is 21.0. The molecule has 8 heteroatoms. The number of thioether (sulfide) groups is 1. The average molecular weight is 411 g/mol. The van der Waals surface area contributed by atoms with Crippen LogP contribution in [0.25, 0.3) is 0 Å². The molecule has 150 valence electrons. The van der Waals surface area contributed by atoms with Crippen molar-refractivity contribution in [2.24, 2.45) is 0 Å². The van der Waals surface area contributed by atoms with Gasteiger partial charge in [0.05, 0.1) is 17.9 Å². The summed E-state index contributed by atoms with van der Waals surface area (Å²) < 4.78 is 4.92. The Kier molecular flexibility index (Phi) is 6.33. The third kappa shape index (κ3) is 4.65. The van der Waals surface area contributed by atoms with E-state index in [1.54, 1.807) is 37.3 Å². The van der Waals surface area contributed by atoms with Crippen molar-refractivity contribution >= 4 is 46.1 Å². The SMILES string of the molecule is CCOC(=O)c1ccc(NC(=O)C[C@@H]2SC(=N)N(c3ccccc3C)C2=O)cc1. The fourth-order valence-corrected chi connectivity index (χ4v) is 3.94. The van der Waals surface area contributed by atoms with Gasteiger partial charge in [0.15, 0.2) is 5.17 Å². The summed E-state index contributed by atoms with van der Waals surface area (Å²) in [6.07, 6.45) is -0.0477. The predicted octanol–water partition coefficient (Wildman–Crippen LogP) is 3.58. The summed E-state index contributed by atoms with van der Waals surface area (Å²) >= 11 is 1.07. The Morgan fingerprint density at radius 2 is 1.86 bits per heavy atom. The number of anilines is 2. The van der Waals surface area contributed by atoms with Crippen molar-refractivity contribution < 1.29 is 19.1 Å². The molecule has 1 aliphatic heterocycles. The number of carbonyl (C=O) groups is 3. The summed E-state index contributed by atoms with van der Waals surface area (Å²) in [6, 6.07) is 13.7. The zero-order valence-corrected chi connectivity index (χ0v) is 16.9. The number of ether oxygens (including phenoxy) is 1. The smallest absolute Gasteiger partial charge is 0.338 e. The summed E-state index contributed by atoms with van der Waals surface area (Å²) in [7, 11) is 0. The molecular weight excluding hydrogens is 390 g/mol. The van der Waals surface area contributed by atoms with Crippen molar-refractivity contribution in [1.82, 2.24) is 0 Å². The molecule has 1 aliphatic rings. The van der Waals surface area contributed by atoms with E-state index in [-0.39, 0.29) is 23.4 Å². The van der Waals surface area contributed by atoms with Gasteiger partial charge in [0.25, 0.3) is 0 Å². The molecule has 1 fully saturated rings. The lowest BCUT2D eigenvalue weighted by Gasteiger charge is -2.17. The number of esters is 1. The molecule has 1 heterocycles. The molecule has 0 saturated carbocycles. The van der Waals surface area contributed by atoms with Crippen LogP contribution in [0.2, 0.25) is 0 Å². The second-order valence-corrected chi connectivity index (χ2v) is 7.61. The van der Waals surface area contributed by atoms with Crippen LogP contribution >= 0.6 is 11.8 Å². The van der Waals surface area contributed by atoms with Gasteiger partial charge in [0.1, 0.15) is 5.25 Å². The van der Waals surface area contributed by atoms with Crippen LogP contribution in [0.3, 0.4) is 0 Å². The minimum Gasteiger partial charge on any atom is -0.462 e. The maximum Gasteiger partial charge on any atom is 0.338 e. The predicted molar refractivity (Wildman–Crippen MR) is 113 cm³/mol. The van der Waals surface area contributed by atoms with Gasteiger partial charge in [-0.15, -0.1) is 0 Å². The Labute approximate surface area is 172 Å². The molecule has 7 nitrogen and oxygen atoms in total. The number of aryl methyl sites for hydroxylation is 1. The van der Waals surface area contributed by atoms with Crippen molar-refractivity contribution in [1.29, 1.82) is 5.41 Å². The Balaban J connectivity index is 1.62. The van der Waals surface area contributed by atoms with Crippen LogP contribution in [0.1, 0.15) is 29.3 Å². The van der Waals surface area contributed by atoms with Crippen LogP contribution in [-0.4, -0.2) is 34.8 Å². The largest absolute Gasteiger partial charge is 0.462 e. The molecule has 2 aromatic rings. The molecule has 0 aliphatic carbocycles. The molecule has 0 spiro atoms. The zero-order valence-electron chi connectivity index (χ0n) is 16.1. The van der Waals surface area contributed by atoms with Crippen LogP contribution in [0.4, 0.5) is 11.4 Å². The van der Waals surface area contributed by atoms with Gasteiger partial charge in [0.2, 0.25) is 11.8 Å². The number of carbonyl (C=O) groups excluding carboxylic acids is 3. The van der Waals surface area contributed by atoms with E-state index in [9.17, 15) is 14.4 Å². The standard InChI is InChI=1S/C21H21N3O4S/c1-3-28-20(27)14-8-10-15(11-9-14)23-18(25)12-17-19(26)24(21(22)29-17)16-7-5-4-6-13(16)2/h4-11,17,22H,3,12H2,1-2H3,(H,23,25)/t17-/m0/s1. The highest BCUT2D eigenvalue weighted by Crippen LogP contribution is 2.34. The number of amidine groups is 1. The monoisotopic (exact) mass is 411 g/mol. The molecule has 1 saturated heterocycles. The second kappa shape index (κ2) is 8.91. The number of para-hydroxylation sites is 1. The Morgan fingerprint density at radius 3 is 2.52 bits per heavy atom. The Hall–Kier alpha value is -3.13. The van der Waals surface area contributed by atoms with Gasteiger partial charge >= 0.3 is 5.97 Å². The van der Waals surface area contributed by atoms with Gasteiger partial charge in [-0.05, 0) is 49.7 Å². The highest BCUT2D eigenvalue weighted by atomic mass is 32.2. The van der Waals surface area contributed by atoms with Crippen molar-refractivity contribution in [2.75, 3.05) is 16.8 Å². The molecule has 2 aromatic carbocycles. The van der Waals surface area contributed by atoms with E-state index in [1.807, 2.05) is 25.1 Å². The lowest BCUT2D eigenvalue weighted by Crippen LogP contribution is -2.33. The molecule has 0 radical (unpaired) electrons. The second-order valence-electron chi connectivity index (χ2n) is 6.42. The van der Waals surface area contributed by atoms with Crippen LogP contribution in [0, 0.1) is 12.3 Å². The van der Waals surface area contributed by atoms with Gasteiger partial charge in [-0.1, -0.05) is 30.0 Å². The first kappa shape index (κ1) is 20.6. The maximum atomic E-state index is 12.8. The number of benzene rings is 2. The third-order valence-electron chi connectivity index (χ3n) is 4.36. The van der Waals surface area contributed by atoms with Gasteiger partial charge < -0.3 is 10.1 Å². The van der Waals surface area contributed by atoms with E-state index in [4.69, 9.17) is 10.1 Å². The highest BCUT2D eigenvalue weighted by Gasteiger charge is 2.39. The van der Waals surface area contributed by atoms with Crippen LogP contribution < -0.4 is 10.2 Å². The third-order valence-corrected chi connectivity index (χ3v) is 5.42. The van der Waals surface area contributed by atoms with Crippen molar-refractivity contribution in [3.8, 4) is 0 Å². The van der Waals surface area contributed by atoms with Crippen molar-refractivity contribution in [2.45, 2.75) is 25.5 Å². The van der Waals surface area contributed by atoms with E-state index < -0.39 is 11.2 Å². The van der Waals surface area contributed by atoms with Gasteiger partial charge in [-0.3, -0.25) is 19.9 Å². The van der Waals surface area contributed by atoms with Crippen LogP contribution in [0.15, 0.2) is 48.5 Å². The number of hydrogen-bond acceptors (Lipinski definition) is 6. The number of amides is 2. The number of rotatable bonds is 6. The topological polar surface area (TPSA) is 99.6 Å².